The zero-order chi connectivity index (χ0) is 11.4. The number of rotatable bonds is 4. The van der Waals surface area contributed by atoms with Gasteiger partial charge < -0.3 is 5.32 Å². The van der Waals surface area contributed by atoms with Crippen molar-refractivity contribution in [2.45, 2.75) is 13.3 Å². The van der Waals surface area contributed by atoms with Gasteiger partial charge in [0.1, 0.15) is 0 Å². The molecule has 0 aromatic carbocycles. The zero-order valence-corrected chi connectivity index (χ0v) is 10.7. The van der Waals surface area contributed by atoms with Crippen molar-refractivity contribution < 1.29 is 4.79 Å². The molecule has 0 fully saturated rings. The normalized spacial score (nSPS) is 10.3. The smallest absolute Gasteiger partial charge is 0.261 e. The van der Waals surface area contributed by atoms with Gasteiger partial charge in [0, 0.05) is 11.4 Å². The van der Waals surface area contributed by atoms with E-state index in [9.17, 15) is 4.79 Å². The number of nitrogens with one attached hydrogen (secondary N) is 1. The molecule has 0 radical (unpaired) electrons. The van der Waals surface area contributed by atoms with Gasteiger partial charge in [0.05, 0.1) is 4.88 Å². The fraction of sp³-hybridized carbons (Fsp3) is 0.250. The van der Waals surface area contributed by atoms with Gasteiger partial charge in [-0.1, -0.05) is 6.07 Å². The third-order valence-electron chi connectivity index (χ3n) is 2.31. The summed E-state index contributed by atoms with van der Waals surface area (Å²) < 4.78 is 0. The zero-order valence-electron chi connectivity index (χ0n) is 9.03. The summed E-state index contributed by atoms with van der Waals surface area (Å²) in [5, 5.41) is 6.95. The maximum Gasteiger partial charge on any atom is 0.261 e. The van der Waals surface area contributed by atoms with Crippen LogP contribution in [0.3, 0.4) is 0 Å². The largest absolute Gasteiger partial charge is 0.351 e. The molecule has 0 bridgehead atoms. The van der Waals surface area contributed by atoms with Crippen molar-refractivity contribution >= 4 is 28.6 Å². The minimum absolute atomic E-state index is 0.0454. The molecule has 0 spiro atoms. The molecule has 16 heavy (non-hydrogen) atoms. The van der Waals surface area contributed by atoms with Crippen LogP contribution in [-0.4, -0.2) is 12.5 Å². The van der Waals surface area contributed by atoms with Crippen molar-refractivity contribution in [2.24, 2.45) is 0 Å². The van der Waals surface area contributed by atoms with E-state index in [0.717, 1.165) is 16.9 Å². The van der Waals surface area contributed by atoms with E-state index < -0.39 is 0 Å². The van der Waals surface area contributed by atoms with Gasteiger partial charge in [-0.25, -0.2) is 0 Å². The van der Waals surface area contributed by atoms with Crippen LogP contribution in [0.25, 0.3) is 0 Å². The monoisotopic (exact) mass is 251 g/mol. The fourth-order valence-electron chi connectivity index (χ4n) is 1.44. The van der Waals surface area contributed by atoms with Crippen LogP contribution < -0.4 is 5.32 Å². The molecule has 84 valence electrons. The molecule has 0 unspecified atom stereocenters. The fourth-order valence-corrected chi connectivity index (χ4v) is 2.99. The van der Waals surface area contributed by atoms with Gasteiger partial charge in [-0.15, -0.1) is 22.7 Å². The lowest BCUT2D eigenvalue weighted by molar-refractivity contribution is 0.0957. The SMILES string of the molecule is Cc1ccsc1C(=O)NCCc1cccs1. The Bertz CT molecular complexity index is 459. The van der Waals surface area contributed by atoms with Crippen LogP contribution in [0.2, 0.25) is 0 Å². The van der Waals surface area contributed by atoms with Gasteiger partial charge in [0.15, 0.2) is 0 Å². The Kier molecular flexibility index (Phi) is 3.74. The first kappa shape index (κ1) is 11.4. The van der Waals surface area contributed by atoms with E-state index in [0.29, 0.717) is 6.54 Å². The highest BCUT2D eigenvalue weighted by molar-refractivity contribution is 7.12. The summed E-state index contributed by atoms with van der Waals surface area (Å²) in [7, 11) is 0. The lowest BCUT2D eigenvalue weighted by Crippen LogP contribution is -2.25. The molecule has 1 amide bonds. The lowest BCUT2D eigenvalue weighted by atomic mass is 10.3. The first-order valence-corrected chi connectivity index (χ1v) is 6.88. The Hall–Kier alpha value is -1.13. The summed E-state index contributed by atoms with van der Waals surface area (Å²) in [4.78, 5) is 13.9. The molecule has 0 aliphatic carbocycles. The first-order valence-electron chi connectivity index (χ1n) is 5.12. The Morgan fingerprint density at radius 1 is 1.31 bits per heavy atom. The average molecular weight is 251 g/mol. The maximum atomic E-state index is 11.8. The quantitative estimate of drug-likeness (QED) is 0.889. The van der Waals surface area contributed by atoms with Crippen molar-refractivity contribution in [3.05, 3.63) is 44.3 Å². The van der Waals surface area contributed by atoms with E-state index in [1.807, 2.05) is 24.4 Å². The van der Waals surface area contributed by atoms with E-state index in [2.05, 4.69) is 16.8 Å². The van der Waals surface area contributed by atoms with Gasteiger partial charge in [0.2, 0.25) is 0 Å². The maximum absolute atomic E-state index is 11.8. The van der Waals surface area contributed by atoms with Crippen molar-refractivity contribution in [2.75, 3.05) is 6.54 Å². The number of hydrogen-bond acceptors (Lipinski definition) is 3. The molecule has 2 aromatic rings. The molecule has 2 rings (SSSR count). The molecule has 2 nitrogen and oxygen atoms in total. The van der Waals surface area contributed by atoms with E-state index in [-0.39, 0.29) is 5.91 Å². The highest BCUT2D eigenvalue weighted by Gasteiger charge is 2.09. The molecular formula is C12H13NOS2. The summed E-state index contributed by atoms with van der Waals surface area (Å²) >= 11 is 3.22. The van der Waals surface area contributed by atoms with Crippen LogP contribution in [0.1, 0.15) is 20.1 Å². The van der Waals surface area contributed by atoms with Gasteiger partial charge in [-0.05, 0) is 41.8 Å². The van der Waals surface area contributed by atoms with Crippen molar-refractivity contribution in [1.29, 1.82) is 0 Å². The van der Waals surface area contributed by atoms with E-state index >= 15 is 0 Å². The molecule has 1 N–H and O–H groups in total. The highest BCUT2D eigenvalue weighted by atomic mass is 32.1. The second kappa shape index (κ2) is 5.27. The Morgan fingerprint density at radius 2 is 2.19 bits per heavy atom. The summed E-state index contributed by atoms with van der Waals surface area (Å²) in [6.45, 7) is 2.67. The van der Waals surface area contributed by atoms with Crippen molar-refractivity contribution in [3.8, 4) is 0 Å². The number of amides is 1. The average Bonchev–Trinajstić information content (AvgIpc) is 2.88. The number of carbonyl (C=O) groups is 1. The Balaban J connectivity index is 1.83. The first-order chi connectivity index (χ1) is 7.77. The summed E-state index contributed by atoms with van der Waals surface area (Å²) in [6, 6.07) is 6.09. The predicted octanol–water partition coefficient (Wildman–Crippen LogP) is 3.09. The molecule has 0 aliphatic heterocycles. The number of thiophene rings is 2. The second-order valence-electron chi connectivity index (χ2n) is 3.52. The summed E-state index contributed by atoms with van der Waals surface area (Å²) in [5.74, 6) is 0.0454. The number of hydrogen-bond donors (Lipinski definition) is 1. The van der Waals surface area contributed by atoms with Crippen LogP contribution in [0.15, 0.2) is 29.0 Å². The minimum atomic E-state index is 0.0454. The summed E-state index contributed by atoms with van der Waals surface area (Å²) in [6.07, 6.45) is 0.911. The molecule has 0 aliphatic rings. The third-order valence-corrected chi connectivity index (χ3v) is 4.26. The van der Waals surface area contributed by atoms with Crippen molar-refractivity contribution in [1.82, 2.24) is 5.32 Å². The molecule has 4 heteroatoms. The number of aryl methyl sites for hydroxylation is 1. The molecule has 2 aromatic heterocycles. The Labute approximate surface area is 103 Å². The van der Waals surface area contributed by atoms with Crippen LogP contribution in [-0.2, 0) is 6.42 Å². The lowest BCUT2D eigenvalue weighted by Gasteiger charge is -2.03. The van der Waals surface area contributed by atoms with Gasteiger partial charge >= 0.3 is 0 Å². The van der Waals surface area contributed by atoms with E-state index in [1.165, 1.54) is 16.2 Å². The highest BCUT2D eigenvalue weighted by Crippen LogP contribution is 2.15. The molecule has 0 saturated heterocycles. The van der Waals surface area contributed by atoms with Crippen LogP contribution >= 0.6 is 22.7 Å². The second-order valence-corrected chi connectivity index (χ2v) is 5.47. The van der Waals surface area contributed by atoms with Gasteiger partial charge in [-0.2, -0.15) is 0 Å². The van der Waals surface area contributed by atoms with Crippen LogP contribution in [0.5, 0.6) is 0 Å². The van der Waals surface area contributed by atoms with Gasteiger partial charge in [0.25, 0.3) is 5.91 Å². The van der Waals surface area contributed by atoms with E-state index in [4.69, 9.17) is 0 Å². The van der Waals surface area contributed by atoms with Crippen molar-refractivity contribution in [3.63, 3.8) is 0 Å². The molecular weight excluding hydrogens is 238 g/mol. The standard InChI is InChI=1S/C12H13NOS2/c1-9-5-8-16-11(9)12(14)13-6-4-10-3-2-7-15-10/h2-3,5,7-8H,4,6H2,1H3,(H,13,14). The molecule has 0 saturated carbocycles. The molecule has 0 atom stereocenters. The van der Waals surface area contributed by atoms with Crippen LogP contribution in [0.4, 0.5) is 0 Å². The minimum Gasteiger partial charge on any atom is -0.351 e. The number of carbonyl (C=O) groups excluding carboxylic acids is 1. The predicted molar refractivity (Wildman–Crippen MR) is 69.4 cm³/mol. The third kappa shape index (κ3) is 2.71. The molecule has 2 heterocycles. The topological polar surface area (TPSA) is 29.1 Å². The van der Waals surface area contributed by atoms with Crippen LogP contribution in [0, 0.1) is 6.92 Å². The summed E-state index contributed by atoms with van der Waals surface area (Å²) in [5.41, 5.74) is 1.05. The van der Waals surface area contributed by atoms with Gasteiger partial charge in [-0.3, -0.25) is 4.79 Å². The Morgan fingerprint density at radius 3 is 2.81 bits per heavy atom. The van der Waals surface area contributed by atoms with E-state index in [1.54, 1.807) is 11.3 Å².